The van der Waals surface area contributed by atoms with Crippen molar-refractivity contribution in [1.29, 1.82) is 0 Å². The molecule has 0 radical (unpaired) electrons. The van der Waals surface area contributed by atoms with Crippen LogP contribution in [0.15, 0.2) is 182 Å². The Morgan fingerprint density at radius 3 is 1.49 bits per heavy atom. The molecule has 11 rings (SSSR count). The highest BCUT2D eigenvalue weighted by atomic mass is 14.4. The summed E-state index contributed by atoms with van der Waals surface area (Å²) in [6.07, 6.45) is 0. The quantitative estimate of drug-likeness (QED) is 0.164. The molecule has 1 aliphatic rings. The fourth-order valence-corrected chi connectivity index (χ4v) is 9.44. The van der Waals surface area contributed by atoms with Gasteiger partial charge in [-0.15, -0.1) is 0 Å². The summed E-state index contributed by atoms with van der Waals surface area (Å²) < 4.78 is 0. The first-order valence-electron chi connectivity index (χ1n) is 18.7. The van der Waals surface area contributed by atoms with Gasteiger partial charge in [-0.25, -0.2) is 0 Å². The Kier molecular flexibility index (Phi) is 6.40. The Bertz CT molecular complexity index is 3120. The van der Waals surface area contributed by atoms with Crippen molar-refractivity contribution < 1.29 is 0 Å². The van der Waals surface area contributed by atoms with Gasteiger partial charge in [0.1, 0.15) is 0 Å². The van der Waals surface area contributed by atoms with Crippen LogP contribution in [0, 0.1) is 0 Å². The van der Waals surface area contributed by atoms with Gasteiger partial charge in [0.25, 0.3) is 0 Å². The number of hydrogen-bond acceptors (Lipinski definition) is 0. The van der Waals surface area contributed by atoms with E-state index < -0.39 is 0 Å². The lowest BCUT2D eigenvalue weighted by Crippen LogP contribution is -2.14. The van der Waals surface area contributed by atoms with Crippen LogP contribution in [0.4, 0.5) is 0 Å². The van der Waals surface area contributed by atoms with Crippen LogP contribution in [0.25, 0.3) is 98.4 Å². The standard InChI is InChI=1S/C53H36/c1-53(2)49-18-10-9-16-45(49)46-28-27-37(32-50(46)53)40-30-29-39(42-13-5-6-14-43(40)42)34-19-21-35(22-20-34)48-31-38-26-25-36-24-23-33-11-3-4-12-41(33)51(36)52(38)47-17-8-7-15-44(47)48/h3-32H,1-2H3. The van der Waals surface area contributed by atoms with E-state index in [2.05, 4.69) is 196 Å². The highest BCUT2D eigenvalue weighted by Gasteiger charge is 2.35. The van der Waals surface area contributed by atoms with Gasteiger partial charge < -0.3 is 0 Å². The molecule has 1 aliphatic carbocycles. The topological polar surface area (TPSA) is 0 Å². The van der Waals surface area contributed by atoms with Crippen molar-refractivity contribution in [3.8, 4) is 44.5 Å². The van der Waals surface area contributed by atoms with Crippen LogP contribution in [0.3, 0.4) is 0 Å². The zero-order valence-electron chi connectivity index (χ0n) is 29.8. The normalized spacial score (nSPS) is 13.2. The monoisotopic (exact) mass is 672 g/mol. The molecule has 53 heavy (non-hydrogen) atoms. The minimum atomic E-state index is -0.0298. The van der Waals surface area contributed by atoms with Gasteiger partial charge in [-0.2, -0.15) is 0 Å². The zero-order chi connectivity index (χ0) is 35.3. The lowest BCUT2D eigenvalue weighted by molar-refractivity contribution is 0.660. The summed E-state index contributed by atoms with van der Waals surface area (Å²) in [5.74, 6) is 0. The summed E-state index contributed by atoms with van der Waals surface area (Å²) in [5, 5.41) is 12.9. The van der Waals surface area contributed by atoms with Crippen molar-refractivity contribution in [3.63, 3.8) is 0 Å². The first-order valence-corrected chi connectivity index (χ1v) is 18.7. The van der Waals surface area contributed by atoms with Gasteiger partial charge in [-0.1, -0.05) is 184 Å². The SMILES string of the molecule is CC1(C)c2ccccc2-c2ccc(-c3ccc(-c4ccc(-c5cc6ccc7ccc8ccccc8c7c6c6ccccc56)cc4)c4ccccc34)cc21. The first kappa shape index (κ1) is 30.2. The smallest absolute Gasteiger partial charge is 0.0159 e. The molecule has 0 fully saturated rings. The van der Waals surface area contributed by atoms with E-state index in [-0.39, 0.29) is 5.41 Å². The summed E-state index contributed by atoms with van der Waals surface area (Å²) in [6.45, 7) is 4.72. The first-order chi connectivity index (χ1) is 26.0. The molecule has 10 aromatic carbocycles. The van der Waals surface area contributed by atoms with Gasteiger partial charge in [-0.3, -0.25) is 0 Å². The molecule has 0 saturated heterocycles. The van der Waals surface area contributed by atoms with Crippen LogP contribution >= 0.6 is 0 Å². The van der Waals surface area contributed by atoms with E-state index in [0.29, 0.717) is 0 Å². The van der Waals surface area contributed by atoms with Crippen LogP contribution in [-0.4, -0.2) is 0 Å². The van der Waals surface area contributed by atoms with Gasteiger partial charge in [0.05, 0.1) is 0 Å². The third-order valence-electron chi connectivity index (χ3n) is 12.1. The minimum Gasteiger partial charge on any atom is -0.0619 e. The minimum absolute atomic E-state index is 0.0298. The highest BCUT2D eigenvalue weighted by molar-refractivity contribution is 6.29. The van der Waals surface area contributed by atoms with E-state index >= 15 is 0 Å². The largest absolute Gasteiger partial charge is 0.0619 e. The Labute approximate surface area is 309 Å². The van der Waals surface area contributed by atoms with E-state index in [0.717, 1.165) is 0 Å². The second-order valence-electron chi connectivity index (χ2n) is 15.2. The van der Waals surface area contributed by atoms with E-state index in [1.54, 1.807) is 0 Å². The molecule has 0 aliphatic heterocycles. The average molecular weight is 673 g/mol. The van der Waals surface area contributed by atoms with Gasteiger partial charge >= 0.3 is 0 Å². The molecule has 248 valence electrons. The molecule has 0 heterocycles. The Hall–Kier alpha value is -6.50. The maximum atomic E-state index is 2.44. The van der Waals surface area contributed by atoms with E-state index in [1.165, 1.54) is 109 Å². The zero-order valence-corrected chi connectivity index (χ0v) is 29.8. The lowest BCUT2D eigenvalue weighted by atomic mass is 9.81. The summed E-state index contributed by atoms with van der Waals surface area (Å²) in [4.78, 5) is 0. The van der Waals surface area contributed by atoms with Gasteiger partial charge in [0, 0.05) is 5.41 Å². The molecule has 0 atom stereocenters. The van der Waals surface area contributed by atoms with Gasteiger partial charge in [-0.05, 0) is 122 Å². The molecule has 0 heteroatoms. The fourth-order valence-electron chi connectivity index (χ4n) is 9.44. The van der Waals surface area contributed by atoms with Crippen molar-refractivity contribution in [3.05, 3.63) is 193 Å². The molecule has 0 amide bonds. The van der Waals surface area contributed by atoms with Gasteiger partial charge in [0.2, 0.25) is 0 Å². The predicted octanol–water partition coefficient (Wildman–Crippen LogP) is 14.8. The Balaban J connectivity index is 1.02. The van der Waals surface area contributed by atoms with Crippen molar-refractivity contribution in [2.45, 2.75) is 19.3 Å². The molecule has 0 saturated carbocycles. The van der Waals surface area contributed by atoms with Crippen LogP contribution in [0.1, 0.15) is 25.0 Å². The van der Waals surface area contributed by atoms with Crippen molar-refractivity contribution in [2.75, 3.05) is 0 Å². The molecule has 0 bridgehead atoms. The molecule has 0 aromatic heterocycles. The summed E-state index contributed by atoms with van der Waals surface area (Å²) in [6, 6.07) is 67.9. The molecule has 0 spiro atoms. The third-order valence-corrected chi connectivity index (χ3v) is 12.1. The Morgan fingerprint density at radius 1 is 0.283 bits per heavy atom. The van der Waals surface area contributed by atoms with Crippen LogP contribution in [-0.2, 0) is 5.41 Å². The van der Waals surface area contributed by atoms with E-state index in [9.17, 15) is 0 Å². The number of fused-ring (bicyclic) bond motifs is 11. The number of benzene rings is 10. The number of rotatable bonds is 3. The molecule has 10 aromatic rings. The third kappa shape index (κ3) is 4.42. The second kappa shape index (κ2) is 11.2. The maximum absolute atomic E-state index is 2.44. The van der Waals surface area contributed by atoms with Crippen molar-refractivity contribution in [1.82, 2.24) is 0 Å². The second-order valence-corrected chi connectivity index (χ2v) is 15.2. The van der Waals surface area contributed by atoms with E-state index in [4.69, 9.17) is 0 Å². The van der Waals surface area contributed by atoms with Crippen LogP contribution in [0.5, 0.6) is 0 Å². The molecular weight excluding hydrogens is 637 g/mol. The van der Waals surface area contributed by atoms with Crippen LogP contribution in [0.2, 0.25) is 0 Å². The number of hydrogen-bond donors (Lipinski definition) is 0. The van der Waals surface area contributed by atoms with Crippen LogP contribution < -0.4 is 0 Å². The summed E-state index contributed by atoms with van der Waals surface area (Å²) >= 11 is 0. The maximum Gasteiger partial charge on any atom is 0.0159 e. The fraction of sp³-hybridized carbons (Fsp3) is 0.0566. The average Bonchev–Trinajstić information content (AvgIpc) is 3.45. The molecule has 0 nitrogen and oxygen atoms in total. The Morgan fingerprint density at radius 2 is 0.755 bits per heavy atom. The predicted molar refractivity (Wildman–Crippen MR) is 228 cm³/mol. The molecule has 0 N–H and O–H groups in total. The van der Waals surface area contributed by atoms with Crippen molar-refractivity contribution in [2.24, 2.45) is 0 Å². The molecular formula is C53H36. The summed E-state index contributed by atoms with van der Waals surface area (Å²) in [7, 11) is 0. The van der Waals surface area contributed by atoms with Gasteiger partial charge in [0.15, 0.2) is 0 Å². The molecule has 0 unspecified atom stereocenters. The summed E-state index contributed by atoms with van der Waals surface area (Å²) in [5.41, 5.74) is 13.0. The van der Waals surface area contributed by atoms with Crippen molar-refractivity contribution >= 4 is 53.9 Å². The highest BCUT2D eigenvalue weighted by Crippen LogP contribution is 2.50. The lowest BCUT2D eigenvalue weighted by Gasteiger charge is -2.22. The van der Waals surface area contributed by atoms with E-state index in [1.807, 2.05) is 0 Å².